The molecule has 1 N–H and O–H groups in total. The summed E-state index contributed by atoms with van der Waals surface area (Å²) >= 11 is 1.69. The molecule has 0 saturated heterocycles. The summed E-state index contributed by atoms with van der Waals surface area (Å²) in [4.78, 5) is 24.6. The first-order valence-electron chi connectivity index (χ1n) is 5.79. The number of carboxylic acid groups (broad SMARTS) is 1. The van der Waals surface area contributed by atoms with E-state index < -0.39 is 5.97 Å². The topological polar surface area (TPSA) is 57.6 Å². The average Bonchev–Trinajstić information content (AvgIpc) is 2.37. The molecule has 0 bridgehead atoms. The molecule has 1 heterocycles. The summed E-state index contributed by atoms with van der Waals surface area (Å²) in [5.41, 5.74) is 2.11. The third-order valence-corrected chi connectivity index (χ3v) is 3.64. The monoisotopic (exact) mass is 265 g/mol. The first kappa shape index (κ1) is 13.0. The fraction of sp³-hybridized carbons (Fsp3) is 0.385. The first-order chi connectivity index (χ1) is 8.63. The summed E-state index contributed by atoms with van der Waals surface area (Å²) in [6, 6.07) is 4.98. The van der Waals surface area contributed by atoms with E-state index in [-0.39, 0.29) is 11.5 Å². The molecule has 18 heavy (non-hydrogen) atoms. The van der Waals surface area contributed by atoms with Gasteiger partial charge in [0.05, 0.1) is 5.56 Å². The number of hydrogen-bond donors (Lipinski definition) is 1. The Balaban J connectivity index is 2.32. The van der Waals surface area contributed by atoms with Crippen LogP contribution in [0.1, 0.15) is 22.3 Å². The minimum absolute atomic E-state index is 0.125. The number of aryl methyl sites for hydroxylation is 1. The van der Waals surface area contributed by atoms with Crippen molar-refractivity contribution in [2.75, 3.05) is 23.5 Å². The smallest absolute Gasteiger partial charge is 0.335 e. The molecule has 5 heteroatoms. The van der Waals surface area contributed by atoms with Crippen LogP contribution < -0.4 is 4.90 Å². The lowest BCUT2D eigenvalue weighted by atomic mass is 9.99. The predicted molar refractivity (Wildman–Crippen MR) is 72.5 cm³/mol. The highest BCUT2D eigenvalue weighted by molar-refractivity contribution is 7.98. The molecule has 96 valence electrons. The van der Waals surface area contributed by atoms with Crippen LogP contribution in [0.3, 0.4) is 0 Å². The molecule has 1 aromatic carbocycles. The molecule has 0 atom stereocenters. The maximum atomic E-state index is 11.9. The van der Waals surface area contributed by atoms with Gasteiger partial charge in [0, 0.05) is 24.4 Å². The van der Waals surface area contributed by atoms with Crippen molar-refractivity contribution in [2.24, 2.45) is 0 Å². The number of carbonyl (C=O) groups excluding carboxylic acids is 1. The molecule has 0 fully saturated rings. The maximum absolute atomic E-state index is 11.9. The van der Waals surface area contributed by atoms with Crippen LogP contribution in [0.15, 0.2) is 18.2 Å². The number of fused-ring (bicyclic) bond motifs is 1. The SMILES string of the molecule is CSCCN1C(=O)CCc2cc(C(=O)O)ccc21. The van der Waals surface area contributed by atoms with E-state index in [2.05, 4.69) is 0 Å². The molecule has 1 aliphatic heterocycles. The van der Waals surface area contributed by atoms with Crippen molar-refractivity contribution < 1.29 is 14.7 Å². The zero-order valence-corrected chi connectivity index (χ0v) is 11.0. The molecule has 0 radical (unpaired) electrons. The van der Waals surface area contributed by atoms with Gasteiger partial charge in [0.25, 0.3) is 0 Å². The molecule has 1 aromatic rings. The highest BCUT2D eigenvalue weighted by Gasteiger charge is 2.24. The van der Waals surface area contributed by atoms with Gasteiger partial charge in [0.2, 0.25) is 5.91 Å². The largest absolute Gasteiger partial charge is 0.478 e. The molecule has 0 saturated carbocycles. The van der Waals surface area contributed by atoms with E-state index in [9.17, 15) is 9.59 Å². The van der Waals surface area contributed by atoms with Gasteiger partial charge in [-0.3, -0.25) is 4.79 Å². The lowest BCUT2D eigenvalue weighted by Gasteiger charge is -2.29. The Kier molecular flexibility index (Phi) is 3.91. The quantitative estimate of drug-likeness (QED) is 0.905. The fourth-order valence-electron chi connectivity index (χ4n) is 2.12. The van der Waals surface area contributed by atoms with Crippen molar-refractivity contribution in [3.63, 3.8) is 0 Å². The summed E-state index contributed by atoms with van der Waals surface area (Å²) < 4.78 is 0. The number of carbonyl (C=O) groups is 2. The van der Waals surface area contributed by atoms with E-state index in [0.717, 1.165) is 17.0 Å². The van der Waals surface area contributed by atoms with Gasteiger partial charge >= 0.3 is 5.97 Å². The van der Waals surface area contributed by atoms with Crippen molar-refractivity contribution in [1.29, 1.82) is 0 Å². The van der Waals surface area contributed by atoms with Gasteiger partial charge < -0.3 is 10.0 Å². The fourth-order valence-corrected chi connectivity index (χ4v) is 2.49. The summed E-state index contributed by atoms with van der Waals surface area (Å²) in [7, 11) is 0. The molecule has 1 aliphatic rings. The predicted octanol–water partition coefficient (Wildman–Crippen LogP) is 2.03. The third kappa shape index (κ3) is 2.51. The lowest BCUT2D eigenvalue weighted by molar-refractivity contribution is -0.118. The zero-order chi connectivity index (χ0) is 13.1. The molecule has 0 aliphatic carbocycles. The maximum Gasteiger partial charge on any atom is 0.335 e. The van der Waals surface area contributed by atoms with Crippen molar-refractivity contribution in [1.82, 2.24) is 0 Å². The van der Waals surface area contributed by atoms with Gasteiger partial charge in [0.1, 0.15) is 0 Å². The van der Waals surface area contributed by atoms with E-state index in [4.69, 9.17) is 5.11 Å². The normalized spacial score (nSPS) is 14.5. The van der Waals surface area contributed by atoms with E-state index in [0.29, 0.717) is 19.4 Å². The number of benzene rings is 1. The molecular formula is C13H15NO3S. The van der Waals surface area contributed by atoms with Crippen LogP contribution in [-0.4, -0.2) is 35.5 Å². The van der Waals surface area contributed by atoms with E-state index in [1.54, 1.807) is 34.9 Å². The Morgan fingerprint density at radius 3 is 2.89 bits per heavy atom. The van der Waals surface area contributed by atoms with Gasteiger partial charge in [-0.1, -0.05) is 0 Å². The summed E-state index contributed by atoms with van der Waals surface area (Å²) in [5.74, 6) is 0.0799. The molecular weight excluding hydrogens is 250 g/mol. The van der Waals surface area contributed by atoms with E-state index >= 15 is 0 Å². The Bertz CT molecular complexity index is 487. The second kappa shape index (κ2) is 5.44. The number of thioether (sulfide) groups is 1. The van der Waals surface area contributed by atoms with Crippen LogP contribution in [0.5, 0.6) is 0 Å². The third-order valence-electron chi connectivity index (χ3n) is 3.05. The van der Waals surface area contributed by atoms with Crippen LogP contribution >= 0.6 is 11.8 Å². The van der Waals surface area contributed by atoms with Crippen molar-refractivity contribution >= 4 is 29.3 Å². The van der Waals surface area contributed by atoms with E-state index in [1.807, 2.05) is 6.26 Å². The molecule has 0 unspecified atom stereocenters. The lowest BCUT2D eigenvalue weighted by Crippen LogP contribution is -2.36. The molecule has 1 amide bonds. The van der Waals surface area contributed by atoms with Crippen molar-refractivity contribution in [3.8, 4) is 0 Å². The number of nitrogens with zero attached hydrogens (tertiary/aromatic N) is 1. The number of hydrogen-bond acceptors (Lipinski definition) is 3. The van der Waals surface area contributed by atoms with Crippen LogP contribution in [0.4, 0.5) is 5.69 Å². The van der Waals surface area contributed by atoms with Gasteiger partial charge in [-0.25, -0.2) is 4.79 Å². The van der Waals surface area contributed by atoms with Crippen LogP contribution in [0, 0.1) is 0 Å². The minimum Gasteiger partial charge on any atom is -0.478 e. The number of amides is 1. The summed E-state index contributed by atoms with van der Waals surface area (Å²) in [6.45, 7) is 0.680. The number of carboxylic acids is 1. The average molecular weight is 265 g/mol. The Hall–Kier alpha value is -1.49. The molecule has 2 rings (SSSR count). The summed E-state index contributed by atoms with van der Waals surface area (Å²) in [5, 5.41) is 8.96. The van der Waals surface area contributed by atoms with Gasteiger partial charge in [0.15, 0.2) is 0 Å². The Morgan fingerprint density at radius 1 is 1.44 bits per heavy atom. The highest BCUT2D eigenvalue weighted by Crippen LogP contribution is 2.28. The van der Waals surface area contributed by atoms with Gasteiger partial charge in [-0.05, 0) is 36.4 Å². The first-order valence-corrected chi connectivity index (χ1v) is 7.18. The highest BCUT2D eigenvalue weighted by atomic mass is 32.2. The van der Waals surface area contributed by atoms with Crippen molar-refractivity contribution in [3.05, 3.63) is 29.3 Å². The Labute approximate surface area is 110 Å². The molecule has 0 spiro atoms. The van der Waals surface area contributed by atoms with Crippen LogP contribution in [-0.2, 0) is 11.2 Å². The van der Waals surface area contributed by atoms with Gasteiger partial charge in [-0.15, -0.1) is 0 Å². The second-order valence-electron chi connectivity index (χ2n) is 4.19. The second-order valence-corrected chi connectivity index (χ2v) is 5.17. The van der Waals surface area contributed by atoms with E-state index in [1.165, 1.54) is 0 Å². The van der Waals surface area contributed by atoms with Gasteiger partial charge in [-0.2, -0.15) is 11.8 Å². The van der Waals surface area contributed by atoms with Crippen molar-refractivity contribution in [2.45, 2.75) is 12.8 Å². The number of anilines is 1. The summed E-state index contributed by atoms with van der Waals surface area (Å²) in [6.07, 6.45) is 3.10. The molecule has 4 nitrogen and oxygen atoms in total. The van der Waals surface area contributed by atoms with Crippen LogP contribution in [0.25, 0.3) is 0 Å². The number of aromatic carboxylic acids is 1. The minimum atomic E-state index is -0.926. The standard InChI is InChI=1S/C13H15NO3S/c1-18-7-6-14-11-4-2-10(13(16)17)8-9(11)3-5-12(14)15/h2,4,8H,3,5-7H2,1H3,(H,16,17). The number of rotatable bonds is 4. The van der Waals surface area contributed by atoms with Crippen LogP contribution in [0.2, 0.25) is 0 Å². The zero-order valence-electron chi connectivity index (χ0n) is 10.2. The Morgan fingerprint density at radius 2 is 2.22 bits per heavy atom. The molecule has 0 aromatic heterocycles.